The Bertz CT molecular complexity index is 828. The van der Waals surface area contributed by atoms with Gasteiger partial charge in [-0.25, -0.2) is 0 Å². The molecule has 106 valence electrons. The highest BCUT2D eigenvalue weighted by Gasteiger charge is 2.15. The van der Waals surface area contributed by atoms with Crippen LogP contribution in [0.2, 0.25) is 0 Å². The second-order valence-electron chi connectivity index (χ2n) is 4.64. The maximum Gasteiger partial charge on any atom is 0.295 e. The van der Waals surface area contributed by atoms with Crippen LogP contribution in [0.3, 0.4) is 0 Å². The van der Waals surface area contributed by atoms with E-state index in [-0.39, 0.29) is 11.4 Å². The highest BCUT2D eigenvalue weighted by Crippen LogP contribution is 2.33. The predicted octanol–water partition coefficient (Wildman–Crippen LogP) is 3.42. The third-order valence-corrected chi connectivity index (χ3v) is 3.17. The van der Waals surface area contributed by atoms with Crippen LogP contribution in [0, 0.1) is 22.2 Å². The number of anilines is 2. The second-order valence-corrected chi connectivity index (χ2v) is 4.64. The molecule has 0 aliphatic carbocycles. The van der Waals surface area contributed by atoms with E-state index in [1.54, 1.807) is 18.2 Å². The van der Waals surface area contributed by atoms with Gasteiger partial charge in [-0.3, -0.25) is 15.1 Å². The van der Waals surface area contributed by atoms with E-state index in [4.69, 9.17) is 0 Å². The summed E-state index contributed by atoms with van der Waals surface area (Å²) in [6, 6.07) is 8.18. The molecule has 0 aliphatic rings. The standard InChI is InChI=1S/C14H11N4O3/c1-9-6-10-7-11(2-3-12(10)16-9)17(19)14-8-15-5-4-13(14)18(20)21/h2-8,16H,1H3/q-1. The first-order valence-corrected chi connectivity index (χ1v) is 6.21. The number of rotatable bonds is 3. The molecule has 0 unspecified atom stereocenters. The lowest BCUT2D eigenvalue weighted by Gasteiger charge is -2.29. The van der Waals surface area contributed by atoms with Crippen LogP contribution < -0.4 is 5.06 Å². The second kappa shape index (κ2) is 4.88. The van der Waals surface area contributed by atoms with Crippen LogP contribution in [-0.2, 0) is 0 Å². The third kappa shape index (κ3) is 2.30. The molecule has 0 saturated heterocycles. The largest absolute Gasteiger partial charge is 0.754 e. The van der Waals surface area contributed by atoms with E-state index in [1.165, 1.54) is 18.5 Å². The smallest absolute Gasteiger partial charge is 0.295 e. The van der Waals surface area contributed by atoms with Crippen LogP contribution in [-0.4, -0.2) is 14.9 Å². The summed E-state index contributed by atoms with van der Waals surface area (Å²) < 4.78 is 0. The number of pyridine rings is 1. The van der Waals surface area contributed by atoms with Crippen molar-refractivity contribution >= 4 is 28.0 Å². The molecule has 1 aromatic carbocycles. The normalized spacial score (nSPS) is 10.8. The lowest BCUT2D eigenvalue weighted by molar-refractivity contribution is -0.384. The Morgan fingerprint density at radius 1 is 1.29 bits per heavy atom. The SMILES string of the molecule is Cc1cc2cc(N([O-])c3cnccc3[N+](=O)[O-])ccc2[nH]1. The number of aromatic nitrogens is 2. The van der Waals surface area contributed by atoms with Crippen LogP contribution in [0.1, 0.15) is 5.69 Å². The summed E-state index contributed by atoms with van der Waals surface area (Å²) in [5.41, 5.74) is 1.84. The lowest BCUT2D eigenvalue weighted by atomic mass is 10.2. The minimum Gasteiger partial charge on any atom is -0.754 e. The molecular formula is C14H11N4O3-. The molecule has 0 spiro atoms. The Labute approximate surface area is 119 Å². The molecule has 3 rings (SSSR count). The van der Waals surface area contributed by atoms with E-state index in [0.29, 0.717) is 10.8 Å². The molecule has 0 radical (unpaired) electrons. The number of benzene rings is 1. The van der Waals surface area contributed by atoms with Crippen molar-refractivity contribution in [1.29, 1.82) is 0 Å². The Morgan fingerprint density at radius 3 is 2.86 bits per heavy atom. The summed E-state index contributed by atoms with van der Waals surface area (Å²) in [4.78, 5) is 17.3. The van der Waals surface area contributed by atoms with Crippen molar-refractivity contribution < 1.29 is 4.92 Å². The fourth-order valence-electron chi connectivity index (χ4n) is 2.22. The summed E-state index contributed by atoms with van der Waals surface area (Å²) in [5.74, 6) is 0. The van der Waals surface area contributed by atoms with Crippen LogP contribution in [0.25, 0.3) is 10.9 Å². The number of nitro groups is 1. The molecule has 0 amide bonds. The molecule has 0 atom stereocenters. The van der Waals surface area contributed by atoms with Crippen molar-refractivity contribution in [3.05, 3.63) is 63.7 Å². The van der Waals surface area contributed by atoms with E-state index >= 15 is 0 Å². The molecule has 2 aromatic heterocycles. The zero-order chi connectivity index (χ0) is 15.0. The summed E-state index contributed by atoms with van der Waals surface area (Å²) in [6.07, 6.45) is 2.48. The third-order valence-electron chi connectivity index (χ3n) is 3.17. The van der Waals surface area contributed by atoms with Gasteiger partial charge in [0.25, 0.3) is 5.69 Å². The van der Waals surface area contributed by atoms with Gasteiger partial charge in [0.15, 0.2) is 0 Å². The topological polar surface area (TPSA) is 98.1 Å². The number of aromatic amines is 1. The molecule has 1 N–H and O–H groups in total. The minimum absolute atomic E-state index is 0.0888. The van der Waals surface area contributed by atoms with Gasteiger partial charge in [0.2, 0.25) is 0 Å². The number of nitrogens with zero attached hydrogens (tertiary/aromatic N) is 3. The summed E-state index contributed by atoms with van der Waals surface area (Å²) >= 11 is 0. The van der Waals surface area contributed by atoms with E-state index in [1.807, 2.05) is 13.0 Å². The minimum atomic E-state index is -0.596. The summed E-state index contributed by atoms with van der Waals surface area (Å²) in [6.45, 7) is 1.92. The van der Waals surface area contributed by atoms with E-state index in [2.05, 4.69) is 9.97 Å². The van der Waals surface area contributed by atoms with Gasteiger partial charge in [-0.1, -0.05) is 0 Å². The number of hydrogen-bond acceptors (Lipinski definition) is 5. The highest BCUT2D eigenvalue weighted by molar-refractivity contribution is 5.86. The van der Waals surface area contributed by atoms with Gasteiger partial charge in [0.1, 0.15) is 5.69 Å². The van der Waals surface area contributed by atoms with Gasteiger partial charge in [0, 0.05) is 34.5 Å². The Kier molecular flexibility index (Phi) is 3.03. The molecular weight excluding hydrogens is 272 g/mol. The quantitative estimate of drug-likeness (QED) is 0.586. The van der Waals surface area contributed by atoms with Crippen LogP contribution in [0.5, 0.6) is 0 Å². The lowest BCUT2D eigenvalue weighted by Crippen LogP contribution is -2.09. The molecule has 0 bridgehead atoms. The van der Waals surface area contributed by atoms with Crippen molar-refractivity contribution in [2.75, 3.05) is 5.06 Å². The number of aryl methyl sites for hydroxylation is 1. The van der Waals surface area contributed by atoms with Gasteiger partial charge < -0.3 is 15.3 Å². The monoisotopic (exact) mass is 283 g/mol. The number of fused-ring (bicyclic) bond motifs is 1. The molecule has 7 nitrogen and oxygen atoms in total. The van der Waals surface area contributed by atoms with E-state index in [9.17, 15) is 15.3 Å². The van der Waals surface area contributed by atoms with Crippen molar-refractivity contribution in [2.24, 2.45) is 0 Å². The fraction of sp³-hybridized carbons (Fsp3) is 0.0714. The first kappa shape index (κ1) is 13.1. The summed E-state index contributed by atoms with van der Waals surface area (Å²) in [7, 11) is 0. The fourth-order valence-corrected chi connectivity index (χ4v) is 2.22. The van der Waals surface area contributed by atoms with Crippen LogP contribution >= 0.6 is 0 Å². The predicted molar refractivity (Wildman–Crippen MR) is 79.4 cm³/mol. The van der Waals surface area contributed by atoms with Gasteiger partial charge in [0.05, 0.1) is 11.1 Å². The van der Waals surface area contributed by atoms with Gasteiger partial charge in [-0.15, -0.1) is 0 Å². The Hall–Kier alpha value is -2.93. The van der Waals surface area contributed by atoms with Crippen LogP contribution in [0.4, 0.5) is 17.1 Å². The first-order chi connectivity index (χ1) is 10.1. The van der Waals surface area contributed by atoms with Crippen molar-refractivity contribution in [1.82, 2.24) is 9.97 Å². The Balaban J connectivity index is 2.07. The van der Waals surface area contributed by atoms with E-state index in [0.717, 1.165) is 16.6 Å². The maximum atomic E-state index is 12.4. The molecule has 21 heavy (non-hydrogen) atoms. The zero-order valence-electron chi connectivity index (χ0n) is 11.1. The van der Waals surface area contributed by atoms with Gasteiger partial charge >= 0.3 is 0 Å². The highest BCUT2D eigenvalue weighted by atomic mass is 16.6. The van der Waals surface area contributed by atoms with Crippen molar-refractivity contribution in [3.63, 3.8) is 0 Å². The van der Waals surface area contributed by atoms with Crippen molar-refractivity contribution in [2.45, 2.75) is 6.92 Å². The summed E-state index contributed by atoms with van der Waals surface area (Å²) in [5, 5.41) is 24.8. The molecule has 0 fully saturated rings. The molecule has 3 aromatic rings. The molecule has 2 heterocycles. The Morgan fingerprint density at radius 2 is 2.10 bits per heavy atom. The van der Waals surface area contributed by atoms with Crippen molar-refractivity contribution in [3.8, 4) is 0 Å². The maximum absolute atomic E-state index is 12.4. The first-order valence-electron chi connectivity index (χ1n) is 6.21. The number of nitrogens with one attached hydrogen (secondary N) is 1. The van der Waals surface area contributed by atoms with Crippen LogP contribution in [0.15, 0.2) is 42.7 Å². The zero-order valence-corrected chi connectivity index (χ0v) is 11.1. The van der Waals surface area contributed by atoms with E-state index < -0.39 is 4.92 Å². The molecule has 7 heteroatoms. The number of H-pyrrole nitrogens is 1. The average molecular weight is 283 g/mol. The molecule has 0 saturated carbocycles. The average Bonchev–Trinajstić information content (AvgIpc) is 2.85. The number of hydrogen-bond donors (Lipinski definition) is 1. The van der Waals surface area contributed by atoms with Gasteiger partial charge in [-0.2, -0.15) is 0 Å². The van der Waals surface area contributed by atoms with Gasteiger partial charge in [-0.05, 0) is 31.2 Å². The molecule has 0 aliphatic heterocycles.